The van der Waals surface area contributed by atoms with Crippen LogP contribution in [0.2, 0.25) is 10.0 Å². The van der Waals surface area contributed by atoms with Crippen molar-refractivity contribution in [1.82, 2.24) is 24.6 Å². The molecule has 9 nitrogen and oxygen atoms in total. The molecule has 1 aliphatic heterocycles. The van der Waals surface area contributed by atoms with Gasteiger partial charge in [-0.3, -0.25) is 9.48 Å². The van der Waals surface area contributed by atoms with E-state index in [1.807, 2.05) is 10.9 Å². The Kier molecular flexibility index (Phi) is 6.09. The van der Waals surface area contributed by atoms with Crippen LogP contribution in [-0.2, 0) is 0 Å². The Hall–Kier alpha value is -2.88. The van der Waals surface area contributed by atoms with Crippen molar-refractivity contribution >= 4 is 46.4 Å². The van der Waals surface area contributed by atoms with Crippen molar-refractivity contribution in [3.63, 3.8) is 0 Å². The molecular formula is C22H23Cl2N7O2. The lowest BCUT2D eigenvalue weighted by atomic mass is 10.2. The van der Waals surface area contributed by atoms with Crippen LogP contribution in [0.5, 0.6) is 5.88 Å². The van der Waals surface area contributed by atoms with Gasteiger partial charge in [0, 0.05) is 18.9 Å². The molecule has 2 fully saturated rings. The van der Waals surface area contributed by atoms with E-state index in [1.165, 1.54) is 6.20 Å². The summed E-state index contributed by atoms with van der Waals surface area (Å²) >= 11 is 12.4. The van der Waals surface area contributed by atoms with E-state index >= 15 is 0 Å². The fraction of sp³-hybridized carbons (Fsp3) is 0.364. The molecule has 11 heteroatoms. The number of para-hydroxylation sites is 1. The number of anilines is 3. The summed E-state index contributed by atoms with van der Waals surface area (Å²) in [4.78, 5) is 24.0. The Labute approximate surface area is 201 Å². The van der Waals surface area contributed by atoms with Crippen LogP contribution in [0.25, 0.3) is 0 Å². The molecule has 1 saturated carbocycles. The molecule has 3 aromatic rings. The number of likely N-dealkylation sites (tertiary alicyclic amines) is 1. The Bertz CT molecular complexity index is 1160. The van der Waals surface area contributed by atoms with Crippen LogP contribution >= 0.6 is 23.2 Å². The lowest BCUT2D eigenvalue weighted by Gasteiger charge is -2.13. The predicted octanol–water partition coefficient (Wildman–Crippen LogP) is 4.39. The number of benzene rings is 1. The topological polar surface area (TPSA) is 97.2 Å². The minimum absolute atomic E-state index is 0.0466. The summed E-state index contributed by atoms with van der Waals surface area (Å²) in [5.74, 6) is 0.0759. The first-order chi connectivity index (χ1) is 16.0. The maximum atomic E-state index is 13.0. The molecule has 1 aliphatic carbocycles. The lowest BCUT2D eigenvalue weighted by Crippen LogP contribution is -2.17. The standard InChI is InChI=1S/C22H23Cl2N7O2/c1-30-8-7-14(12-30)31-11-13(9-26-31)27-22-25-10-16(21(29-22)33-15-5-6-15)20(32)28-19-17(23)3-2-4-18(19)24/h2-4,9-11,14-15H,5-8,12H2,1H3,(H,28,32)(H,25,27,29)/t14-/m1/s1. The number of amides is 1. The molecule has 1 atom stereocenters. The van der Waals surface area contributed by atoms with E-state index in [4.69, 9.17) is 27.9 Å². The summed E-state index contributed by atoms with van der Waals surface area (Å²) in [5, 5.41) is 11.0. The normalized spacial score (nSPS) is 18.3. The molecule has 0 bridgehead atoms. The van der Waals surface area contributed by atoms with Crippen LogP contribution < -0.4 is 15.4 Å². The third-order valence-electron chi connectivity index (χ3n) is 5.60. The largest absolute Gasteiger partial charge is 0.474 e. The summed E-state index contributed by atoms with van der Waals surface area (Å²) in [6.45, 7) is 2.03. The summed E-state index contributed by atoms with van der Waals surface area (Å²) in [6.07, 6.45) is 8.07. The molecule has 0 unspecified atom stereocenters. The fourth-order valence-electron chi connectivity index (χ4n) is 3.67. The molecule has 0 spiro atoms. The van der Waals surface area contributed by atoms with Gasteiger partial charge in [0.1, 0.15) is 11.7 Å². The predicted molar refractivity (Wildman–Crippen MR) is 127 cm³/mol. The van der Waals surface area contributed by atoms with Gasteiger partial charge in [-0.15, -0.1) is 0 Å². The number of nitrogens with zero attached hydrogens (tertiary/aromatic N) is 5. The Morgan fingerprint density at radius 3 is 2.67 bits per heavy atom. The molecular weight excluding hydrogens is 465 g/mol. The van der Waals surface area contributed by atoms with Crippen molar-refractivity contribution in [2.75, 3.05) is 30.8 Å². The highest BCUT2D eigenvalue weighted by atomic mass is 35.5. The van der Waals surface area contributed by atoms with Crippen molar-refractivity contribution in [2.24, 2.45) is 0 Å². The second-order valence-electron chi connectivity index (χ2n) is 8.32. The zero-order chi connectivity index (χ0) is 22.9. The Balaban J connectivity index is 1.35. The SMILES string of the molecule is CN1CC[C@@H](n2cc(Nc3ncc(C(=O)Nc4c(Cl)cccc4Cl)c(OC4CC4)n3)cn2)C1. The van der Waals surface area contributed by atoms with Crippen molar-refractivity contribution in [2.45, 2.75) is 31.4 Å². The number of carbonyl (C=O) groups is 1. The highest BCUT2D eigenvalue weighted by Gasteiger charge is 2.28. The van der Waals surface area contributed by atoms with Crippen LogP contribution in [0, 0.1) is 0 Å². The Morgan fingerprint density at radius 1 is 1.18 bits per heavy atom. The lowest BCUT2D eigenvalue weighted by molar-refractivity contribution is 0.102. The van der Waals surface area contributed by atoms with Gasteiger partial charge >= 0.3 is 0 Å². The van der Waals surface area contributed by atoms with Gasteiger partial charge < -0.3 is 20.3 Å². The summed E-state index contributed by atoms with van der Waals surface area (Å²) in [5.41, 5.74) is 1.30. The summed E-state index contributed by atoms with van der Waals surface area (Å²) in [6, 6.07) is 5.36. The van der Waals surface area contributed by atoms with Crippen molar-refractivity contribution in [1.29, 1.82) is 0 Å². The number of ether oxygens (including phenoxy) is 1. The first-order valence-electron chi connectivity index (χ1n) is 10.7. The molecule has 1 amide bonds. The van der Waals surface area contributed by atoms with Crippen molar-refractivity contribution < 1.29 is 9.53 Å². The van der Waals surface area contributed by atoms with Crippen LogP contribution in [0.15, 0.2) is 36.8 Å². The van der Waals surface area contributed by atoms with Crippen molar-refractivity contribution in [3.8, 4) is 5.88 Å². The highest BCUT2D eigenvalue weighted by Crippen LogP contribution is 2.32. The first kappa shape index (κ1) is 21.9. The quantitative estimate of drug-likeness (QED) is 0.509. The van der Waals surface area contributed by atoms with Crippen molar-refractivity contribution in [3.05, 3.63) is 52.4 Å². The zero-order valence-corrected chi connectivity index (χ0v) is 19.5. The molecule has 2 aliphatic rings. The van der Waals surface area contributed by atoms with E-state index in [0.29, 0.717) is 27.7 Å². The molecule has 172 valence electrons. The van der Waals surface area contributed by atoms with E-state index in [9.17, 15) is 4.79 Å². The average molecular weight is 488 g/mol. The number of halogens is 2. The number of hydrogen-bond acceptors (Lipinski definition) is 7. The van der Waals surface area contributed by atoms with Crippen LogP contribution in [0.3, 0.4) is 0 Å². The third-order valence-corrected chi connectivity index (χ3v) is 6.23. The van der Waals surface area contributed by atoms with Gasteiger partial charge in [-0.2, -0.15) is 10.1 Å². The fourth-order valence-corrected chi connectivity index (χ4v) is 4.16. The van der Waals surface area contributed by atoms with Gasteiger partial charge in [0.25, 0.3) is 5.91 Å². The number of likely N-dealkylation sites (N-methyl/N-ethyl adjacent to an activating group) is 1. The van der Waals surface area contributed by atoms with Gasteiger partial charge in [0.15, 0.2) is 0 Å². The van der Waals surface area contributed by atoms with Gasteiger partial charge in [-0.25, -0.2) is 4.98 Å². The zero-order valence-electron chi connectivity index (χ0n) is 18.0. The molecule has 1 saturated heterocycles. The van der Waals surface area contributed by atoms with E-state index in [0.717, 1.165) is 38.0 Å². The average Bonchev–Trinajstić information content (AvgIpc) is 3.29. The van der Waals surface area contributed by atoms with Gasteiger partial charge in [0.2, 0.25) is 11.8 Å². The number of nitrogens with one attached hydrogen (secondary N) is 2. The molecule has 1 aromatic carbocycles. The minimum atomic E-state index is -0.453. The van der Waals surface area contributed by atoms with Crippen LogP contribution in [-0.4, -0.2) is 56.8 Å². The Morgan fingerprint density at radius 2 is 1.97 bits per heavy atom. The molecule has 33 heavy (non-hydrogen) atoms. The number of hydrogen-bond donors (Lipinski definition) is 2. The summed E-state index contributed by atoms with van der Waals surface area (Å²) < 4.78 is 7.87. The van der Waals surface area contributed by atoms with Gasteiger partial charge in [-0.1, -0.05) is 29.3 Å². The highest BCUT2D eigenvalue weighted by molar-refractivity contribution is 6.40. The van der Waals surface area contributed by atoms with Gasteiger partial charge in [-0.05, 0) is 45.0 Å². The maximum Gasteiger partial charge on any atom is 0.262 e. The third kappa shape index (κ3) is 5.05. The van der Waals surface area contributed by atoms with E-state index < -0.39 is 5.91 Å². The monoisotopic (exact) mass is 487 g/mol. The minimum Gasteiger partial charge on any atom is -0.474 e. The first-order valence-corrected chi connectivity index (χ1v) is 11.5. The number of rotatable bonds is 7. The second kappa shape index (κ2) is 9.17. The van der Waals surface area contributed by atoms with Gasteiger partial charge in [0.05, 0.1) is 33.7 Å². The van der Waals surface area contributed by atoms with E-state index in [2.05, 4.69) is 37.6 Å². The molecule has 3 heterocycles. The molecule has 2 aromatic heterocycles. The summed E-state index contributed by atoms with van der Waals surface area (Å²) in [7, 11) is 2.11. The smallest absolute Gasteiger partial charge is 0.262 e. The van der Waals surface area contributed by atoms with E-state index in [1.54, 1.807) is 24.4 Å². The molecule has 0 radical (unpaired) electrons. The molecule has 2 N–H and O–H groups in total. The van der Waals surface area contributed by atoms with Crippen LogP contribution in [0.4, 0.5) is 17.3 Å². The van der Waals surface area contributed by atoms with E-state index in [-0.39, 0.29) is 17.5 Å². The number of carbonyl (C=O) groups excluding carboxylic acids is 1. The second-order valence-corrected chi connectivity index (χ2v) is 9.13. The number of aromatic nitrogens is 4. The molecule has 5 rings (SSSR count). The maximum absolute atomic E-state index is 13.0. The van der Waals surface area contributed by atoms with Crippen LogP contribution in [0.1, 0.15) is 35.7 Å².